The Morgan fingerprint density at radius 1 is 1.46 bits per heavy atom. The number of nitro groups is 1. The highest BCUT2D eigenvalue weighted by molar-refractivity contribution is 6.31. The number of amides is 1. The Labute approximate surface area is 144 Å². The maximum Gasteiger partial charge on any atom is 0.309 e. The molecule has 0 saturated carbocycles. The molecule has 9 nitrogen and oxygen atoms in total. The van der Waals surface area contributed by atoms with Gasteiger partial charge in [0.05, 0.1) is 16.5 Å². The van der Waals surface area contributed by atoms with E-state index in [2.05, 4.69) is 10.2 Å². The molecule has 0 saturated heterocycles. The lowest BCUT2D eigenvalue weighted by atomic mass is 10.3. The monoisotopic (exact) mass is 354 g/mol. The second-order valence-electron chi connectivity index (χ2n) is 5.49. The SMILES string of the molecule is CCn1cc(Cl)c(CN(C)C(=O)C(C)n2cc([N+](=O)[O-])c(C)n2)n1. The highest BCUT2D eigenvalue weighted by Gasteiger charge is 2.25. The van der Waals surface area contributed by atoms with Gasteiger partial charge in [0.1, 0.15) is 23.6 Å². The van der Waals surface area contributed by atoms with E-state index in [1.807, 2.05) is 6.92 Å². The molecule has 130 valence electrons. The van der Waals surface area contributed by atoms with Crippen molar-refractivity contribution in [2.75, 3.05) is 7.05 Å². The minimum atomic E-state index is -0.672. The van der Waals surface area contributed by atoms with Crippen LogP contribution in [0.25, 0.3) is 0 Å². The van der Waals surface area contributed by atoms with E-state index in [0.29, 0.717) is 17.3 Å². The van der Waals surface area contributed by atoms with E-state index in [-0.39, 0.29) is 23.8 Å². The van der Waals surface area contributed by atoms with E-state index in [1.165, 1.54) is 22.7 Å². The molecule has 0 aromatic carbocycles. The van der Waals surface area contributed by atoms with Crippen LogP contribution in [0.3, 0.4) is 0 Å². The molecule has 2 aromatic rings. The second-order valence-corrected chi connectivity index (χ2v) is 5.89. The Kier molecular flexibility index (Phi) is 5.23. The highest BCUT2D eigenvalue weighted by Crippen LogP contribution is 2.21. The number of hydrogen-bond acceptors (Lipinski definition) is 5. The first-order valence-corrected chi connectivity index (χ1v) is 7.79. The predicted molar refractivity (Wildman–Crippen MR) is 87.7 cm³/mol. The van der Waals surface area contributed by atoms with Gasteiger partial charge in [-0.3, -0.25) is 24.3 Å². The lowest BCUT2D eigenvalue weighted by Gasteiger charge is -2.20. The molecule has 2 rings (SSSR count). The molecule has 0 radical (unpaired) electrons. The molecule has 0 aliphatic rings. The molecular formula is C14H19ClN6O3. The van der Waals surface area contributed by atoms with Crippen LogP contribution >= 0.6 is 11.6 Å². The quantitative estimate of drug-likeness (QED) is 0.584. The summed E-state index contributed by atoms with van der Waals surface area (Å²) in [5.74, 6) is -0.241. The molecule has 1 atom stereocenters. The Bertz CT molecular complexity index is 769. The minimum absolute atomic E-state index is 0.109. The lowest BCUT2D eigenvalue weighted by Crippen LogP contribution is -2.33. The number of carbonyl (C=O) groups is 1. The molecule has 0 aliphatic carbocycles. The molecule has 2 aromatic heterocycles. The van der Waals surface area contributed by atoms with Crippen LogP contribution in [0.15, 0.2) is 12.4 Å². The molecule has 0 bridgehead atoms. The van der Waals surface area contributed by atoms with Crippen molar-refractivity contribution in [2.24, 2.45) is 0 Å². The zero-order chi connectivity index (χ0) is 18.0. The fourth-order valence-corrected chi connectivity index (χ4v) is 2.50. The summed E-state index contributed by atoms with van der Waals surface area (Å²) in [6.45, 7) is 6.05. The van der Waals surface area contributed by atoms with E-state index in [0.717, 1.165) is 0 Å². The summed E-state index contributed by atoms with van der Waals surface area (Å²) in [5.41, 5.74) is 0.762. The van der Waals surface area contributed by atoms with Gasteiger partial charge in [-0.1, -0.05) is 11.6 Å². The molecule has 0 fully saturated rings. The Hall–Kier alpha value is -2.42. The number of aromatic nitrogens is 4. The molecule has 0 aliphatic heterocycles. The van der Waals surface area contributed by atoms with Crippen molar-refractivity contribution in [1.82, 2.24) is 24.5 Å². The zero-order valence-electron chi connectivity index (χ0n) is 13.9. The first kappa shape index (κ1) is 17.9. The molecular weight excluding hydrogens is 336 g/mol. The number of nitrogens with zero attached hydrogens (tertiary/aromatic N) is 6. The van der Waals surface area contributed by atoms with Gasteiger partial charge in [-0.05, 0) is 20.8 Å². The van der Waals surface area contributed by atoms with Crippen LogP contribution in [0.1, 0.15) is 31.3 Å². The van der Waals surface area contributed by atoms with Gasteiger partial charge >= 0.3 is 5.69 Å². The maximum atomic E-state index is 12.5. The fraction of sp³-hybridized carbons (Fsp3) is 0.500. The van der Waals surface area contributed by atoms with Gasteiger partial charge in [0.25, 0.3) is 0 Å². The summed E-state index contributed by atoms with van der Waals surface area (Å²) in [6, 6.07) is -0.672. The largest absolute Gasteiger partial charge is 0.338 e. The maximum absolute atomic E-state index is 12.5. The molecule has 10 heteroatoms. The third-order valence-corrected chi connectivity index (χ3v) is 4.03. The van der Waals surface area contributed by atoms with Gasteiger partial charge in [-0.15, -0.1) is 0 Å². The summed E-state index contributed by atoms with van der Waals surface area (Å²) >= 11 is 6.11. The number of halogens is 1. The average molecular weight is 355 g/mol. The number of carbonyl (C=O) groups excluding carboxylic acids is 1. The third-order valence-electron chi connectivity index (χ3n) is 3.72. The van der Waals surface area contributed by atoms with Gasteiger partial charge in [0.2, 0.25) is 5.91 Å². The van der Waals surface area contributed by atoms with Gasteiger partial charge in [0, 0.05) is 19.8 Å². The summed E-state index contributed by atoms with van der Waals surface area (Å²) in [5, 5.41) is 19.8. The Morgan fingerprint density at radius 3 is 2.62 bits per heavy atom. The fourth-order valence-electron chi connectivity index (χ4n) is 2.29. The van der Waals surface area contributed by atoms with Gasteiger partial charge < -0.3 is 4.90 Å². The van der Waals surface area contributed by atoms with Crippen LogP contribution in [-0.2, 0) is 17.9 Å². The average Bonchev–Trinajstić information content (AvgIpc) is 3.09. The van der Waals surface area contributed by atoms with Crippen LogP contribution < -0.4 is 0 Å². The molecule has 1 unspecified atom stereocenters. The van der Waals surface area contributed by atoms with E-state index >= 15 is 0 Å². The summed E-state index contributed by atoms with van der Waals surface area (Å²) in [7, 11) is 1.63. The van der Waals surface area contributed by atoms with Crippen molar-refractivity contribution in [3.63, 3.8) is 0 Å². The van der Waals surface area contributed by atoms with E-state index in [1.54, 1.807) is 24.9 Å². The summed E-state index contributed by atoms with van der Waals surface area (Å²) in [6.07, 6.45) is 2.98. The van der Waals surface area contributed by atoms with Crippen molar-refractivity contribution in [3.8, 4) is 0 Å². The van der Waals surface area contributed by atoms with Gasteiger partial charge in [-0.2, -0.15) is 10.2 Å². The first-order valence-electron chi connectivity index (χ1n) is 7.41. The summed E-state index contributed by atoms with van der Waals surface area (Å²) < 4.78 is 3.00. The number of likely N-dealkylation sites (N-methyl/N-ethyl adjacent to an activating group) is 1. The van der Waals surface area contributed by atoms with Gasteiger partial charge in [-0.25, -0.2) is 0 Å². The molecule has 0 N–H and O–H groups in total. The molecule has 1 amide bonds. The van der Waals surface area contributed by atoms with Crippen LogP contribution in [0.4, 0.5) is 5.69 Å². The van der Waals surface area contributed by atoms with Crippen molar-refractivity contribution in [3.05, 3.63) is 38.9 Å². The van der Waals surface area contributed by atoms with Crippen molar-refractivity contribution in [1.29, 1.82) is 0 Å². The molecule has 2 heterocycles. The minimum Gasteiger partial charge on any atom is -0.338 e. The smallest absolute Gasteiger partial charge is 0.309 e. The Balaban J connectivity index is 2.13. The Morgan fingerprint density at radius 2 is 2.12 bits per heavy atom. The standard InChI is InChI=1S/C14H19ClN6O3/c1-5-19-6-11(15)12(17-19)7-18(4)14(22)10(3)20-8-13(21(23)24)9(2)16-20/h6,8,10H,5,7H2,1-4H3. The highest BCUT2D eigenvalue weighted by atomic mass is 35.5. The normalized spacial score (nSPS) is 12.2. The van der Waals surface area contributed by atoms with Crippen LogP contribution in [-0.4, -0.2) is 42.3 Å². The predicted octanol–water partition coefficient (Wildman–Crippen LogP) is 2.19. The lowest BCUT2D eigenvalue weighted by molar-refractivity contribution is -0.385. The second kappa shape index (κ2) is 7.00. The van der Waals surface area contributed by atoms with E-state index < -0.39 is 11.0 Å². The van der Waals surface area contributed by atoms with Gasteiger partial charge in [0.15, 0.2) is 0 Å². The van der Waals surface area contributed by atoms with Crippen LogP contribution in [0.2, 0.25) is 5.02 Å². The first-order chi connectivity index (χ1) is 11.2. The topological polar surface area (TPSA) is 99.1 Å². The third kappa shape index (κ3) is 3.56. The van der Waals surface area contributed by atoms with Crippen LogP contribution in [0, 0.1) is 17.0 Å². The number of hydrogen-bond donors (Lipinski definition) is 0. The van der Waals surface area contributed by atoms with Crippen molar-refractivity contribution >= 4 is 23.2 Å². The van der Waals surface area contributed by atoms with E-state index in [4.69, 9.17) is 11.6 Å². The van der Waals surface area contributed by atoms with Crippen LogP contribution in [0.5, 0.6) is 0 Å². The molecule has 24 heavy (non-hydrogen) atoms. The van der Waals surface area contributed by atoms with Crippen molar-refractivity contribution in [2.45, 2.75) is 39.9 Å². The van der Waals surface area contributed by atoms with E-state index in [9.17, 15) is 14.9 Å². The molecule has 0 spiro atoms. The van der Waals surface area contributed by atoms with Crippen molar-refractivity contribution < 1.29 is 9.72 Å². The number of aryl methyl sites for hydroxylation is 2. The number of rotatable bonds is 6. The zero-order valence-corrected chi connectivity index (χ0v) is 14.7. The summed E-state index contributed by atoms with van der Waals surface area (Å²) in [4.78, 5) is 24.4.